The number of rotatable bonds is 5. The fourth-order valence-electron chi connectivity index (χ4n) is 3.36. The number of hydrogen-bond acceptors (Lipinski definition) is 9. The number of piperidine rings is 1. The lowest BCUT2D eigenvalue weighted by Crippen LogP contribution is -2.39. The fraction of sp³-hybridized carbons (Fsp3) is 0.474. The van der Waals surface area contributed by atoms with Crippen LogP contribution in [0.15, 0.2) is 23.0 Å². The number of nitrogens with zero attached hydrogens (tertiary/aromatic N) is 6. The van der Waals surface area contributed by atoms with Crippen molar-refractivity contribution in [1.82, 2.24) is 30.1 Å². The molecule has 0 bridgehead atoms. The molecule has 4 heterocycles. The Bertz CT molecular complexity index is 1020. The first-order valence-electron chi connectivity index (χ1n) is 9.96. The highest BCUT2D eigenvalue weighted by Gasteiger charge is 2.23. The number of anilines is 2. The van der Waals surface area contributed by atoms with Crippen LogP contribution in [0.5, 0.6) is 0 Å². The van der Waals surface area contributed by atoms with E-state index >= 15 is 0 Å². The Balaban J connectivity index is 0.000000858. The van der Waals surface area contributed by atoms with Gasteiger partial charge in [0.25, 0.3) is 12.4 Å². The number of fused-ring (bicyclic) bond motifs is 1. The van der Waals surface area contributed by atoms with Crippen molar-refractivity contribution in [3.05, 3.63) is 29.9 Å². The molecule has 166 valence electrons. The zero-order valence-electron chi connectivity index (χ0n) is 17.4. The van der Waals surface area contributed by atoms with Gasteiger partial charge in [-0.2, -0.15) is 4.98 Å². The maximum Gasteiger partial charge on any atom is 0.290 e. The lowest BCUT2D eigenvalue weighted by molar-refractivity contribution is -0.122. The summed E-state index contributed by atoms with van der Waals surface area (Å²) >= 11 is 0. The highest BCUT2D eigenvalue weighted by Crippen LogP contribution is 2.23. The number of carboxylic acid groups (broad SMARTS) is 1. The maximum atomic E-state index is 12.3. The minimum Gasteiger partial charge on any atom is -0.483 e. The third kappa shape index (κ3) is 5.27. The smallest absolute Gasteiger partial charge is 0.290 e. The van der Waals surface area contributed by atoms with Crippen molar-refractivity contribution in [2.75, 3.05) is 30.3 Å². The zero-order chi connectivity index (χ0) is 22.4. The van der Waals surface area contributed by atoms with Crippen LogP contribution >= 0.6 is 0 Å². The highest BCUT2D eigenvalue weighted by molar-refractivity contribution is 5.91. The first-order valence-corrected chi connectivity index (χ1v) is 9.96. The van der Waals surface area contributed by atoms with Crippen molar-refractivity contribution in [3.63, 3.8) is 0 Å². The third-order valence-corrected chi connectivity index (χ3v) is 5.14. The van der Waals surface area contributed by atoms with Crippen LogP contribution in [0.3, 0.4) is 0 Å². The number of nitrogens with one attached hydrogen (secondary N) is 1. The second kappa shape index (κ2) is 9.87. The van der Waals surface area contributed by atoms with Crippen LogP contribution in [-0.4, -0.2) is 61.9 Å². The molecule has 1 fully saturated rings. The second-order valence-corrected chi connectivity index (χ2v) is 7.55. The van der Waals surface area contributed by atoms with Gasteiger partial charge in [0.1, 0.15) is 12.1 Å². The molecule has 0 aromatic carbocycles. The van der Waals surface area contributed by atoms with E-state index in [-0.39, 0.29) is 24.1 Å². The highest BCUT2D eigenvalue weighted by atomic mass is 16.5. The van der Waals surface area contributed by atoms with Crippen molar-refractivity contribution in [1.29, 1.82) is 0 Å². The average Bonchev–Trinajstić information content (AvgIpc) is 3.43. The molecule has 0 aliphatic carbocycles. The Labute approximate surface area is 178 Å². The zero-order valence-corrected chi connectivity index (χ0v) is 17.4. The molecule has 3 aromatic rings. The van der Waals surface area contributed by atoms with Crippen LogP contribution in [0.4, 0.5) is 11.8 Å². The third-order valence-electron chi connectivity index (χ3n) is 5.14. The maximum absolute atomic E-state index is 12.3. The van der Waals surface area contributed by atoms with Crippen LogP contribution in [0.2, 0.25) is 0 Å². The normalized spacial score (nSPS) is 14.4. The van der Waals surface area contributed by atoms with Gasteiger partial charge in [-0.15, -0.1) is 10.2 Å². The molecule has 1 amide bonds. The van der Waals surface area contributed by atoms with E-state index in [1.165, 1.54) is 0 Å². The molecule has 31 heavy (non-hydrogen) atoms. The molecule has 1 aliphatic heterocycles. The van der Waals surface area contributed by atoms with Gasteiger partial charge in [-0.1, -0.05) is 19.0 Å². The van der Waals surface area contributed by atoms with Gasteiger partial charge >= 0.3 is 0 Å². The summed E-state index contributed by atoms with van der Waals surface area (Å²) in [5.41, 5.74) is 7.45. The number of hydrogen-bond donors (Lipinski definition) is 3. The molecule has 3 aromatic heterocycles. The van der Waals surface area contributed by atoms with E-state index in [2.05, 4.69) is 30.6 Å². The van der Waals surface area contributed by atoms with Gasteiger partial charge < -0.3 is 25.6 Å². The summed E-state index contributed by atoms with van der Waals surface area (Å²) in [5.74, 6) is 1.87. The molecule has 4 rings (SSSR count). The molecule has 0 atom stereocenters. The Hall–Kier alpha value is -3.70. The van der Waals surface area contributed by atoms with Gasteiger partial charge in [0.2, 0.25) is 11.7 Å². The van der Waals surface area contributed by atoms with Gasteiger partial charge in [-0.25, -0.2) is 0 Å². The number of aromatic nitrogens is 5. The van der Waals surface area contributed by atoms with Gasteiger partial charge in [0.15, 0.2) is 5.65 Å². The van der Waals surface area contributed by atoms with Crippen LogP contribution in [0, 0.1) is 5.92 Å². The SMILES string of the molecule is CC(C)c1cc(C(=O)NCC2CCN(c3cc4nncn4c(N)n3)CC2)on1.O=CO. The quantitative estimate of drug-likeness (QED) is 0.500. The molecule has 1 aliphatic rings. The average molecular weight is 430 g/mol. The van der Waals surface area contributed by atoms with Crippen LogP contribution in [0.1, 0.15) is 48.9 Å². The summed E-state index contributed by atoms with van der Waals surface area (Å²) in [6, 6.07) is 3.60. The molecule has 0 spiro atoms. The lowest BCUT2D eigenvalue weighted by Gasteiger charge is -2.32. The van der Waals surface area contributed by atoms with Crippen LogP contribution in [-0.2, 0) is 4.79 Å². The molecule has 12 heteroatoms. The minimum absolute atomic E-state index is 0.214. The van der Waals surface area contributed by atoms with Crippen LogP contribution < -0.4 is 16.0 Å². The van der Waals surface area contributed by atoms with E-state index < -0.39 is 0 Å². The molecular weight excluding hydrogens is 404 g/mol. The molecule has 1 saturated heterocycles. The molecular formula is C19H26N8O4. The summed E-state index contributed by atoms with van der Waals surface area (Å²) in [5, 5.41) is 21.7. The monoisotopic (exact) mass is 430 g/mol. The standard InChI is InChI=1S/C18H24N8O2.CH2O2/c1-11(2)13-7-14(28-24-13)17(27)20-9-12-3-5-25(6-4-12)15-8-16-23-21-10-26(16)18(19)22-15;2-1-3/h7-8,10-12H,3-6,9H2,1-2H3,(H2,19,22)(H,20,27);1H,(H,2,3). The summed E-state index contributed by atoms with van der Waals surface area (Å²) < 4.78 is 6.79. The predicted octanol–water partition coefficient (Wildman–Crippen LogP) is 1.17. The van der Waals surface area contributed by atoms with E-state index in [0.29, 0.717) is 24.1 Å². The number of nitrogens with two attached hydrogens (primary N) is 1. The first-order chi connectivity index (χ1) is 14.9. The number of carbonyl (C=O) groups excluding carboxylic acids is 1. The Morgan fingerprint density at radius 3 is 2.74 bits per heavy atom. The van der Waals surface area contributed by atoms with Gasteiger partial charge in [0, 0.05) is 31.8 Å². The number of nitrogen functional groups attached to an aromatic ring is 1. The molecule has 12 nitrogen and oxygen atoms in total. The van der Waals surface area contributed by atoms with Crippen molar-refractivity contribution in [2.24, 2.45) is 5.92 Å². The van der Waals surface area contributed by atoms with Crippen molar-refractivity contribution < 1.29 is 19.2 Å². The molecule has 4 N–H and O–H groups in total. The summed E-state index contributed by atoms with van der Waals surface area (Å²) in [6.07, 6.45) is 3.45. The van der Waals surface area contributed by atoms with E-state index in [4.69, 9.17) is 20.2 Å². The molecule has 0 saturated carbocycles. The van der Waals surface area contributed by atoms with Crippen molar-refractivity contribution in [3.8, 4) is 0 Å². The predicted molar refractivity (Wildman–Crippen MR) is 112 cm³/mol. The van der Waals surface area contributed by atoms with Gasteiger partial charge in [-0.05, 0) is 24.7 Å². The number of carbonyl (C=O) groups is 2. The topological polar surface area (TPSA) is 165 Å². The Kier molecular flexibility index (Phi) is 7.00. The summed E-state index contributed by atoms with van der Waals surface area (Å²) in [4.78, 5) is 27.3. The second-order valence-electron chi connectivity index (χ2n) is 7.55. The molecule has 0 unspecified atom stereocenters. The number of amides is 1. The lowest BCUT2D eigenvalue weighted by atomic mass is 9.96. The molecule has 0 radical (unpaired) electrons. The van der Waals surface area contributed by atoms with Crippen molar-refractivity contribution >= 4 is 29.8 Å². The summed E-state index contributed by atoms with van der Waals surface area (Å²) in [7, 11) is 0. The van der Waals surface area contributed by atoms with Gasteiger partial charge in [-0.3, -0.25) is 14.0 Å². The van der Waals surface area contributed by atoms with E-state index in [9.17, 15) is 4.79 Å². The minimum atomic E-state index is -0.250. The van der Waals surface area contributed by atoms with E-state index in [0.717, 1.165) is 37.4 Å². The van der Waals surface area contributed by atoms with E-state index in [1.54, 1.807) is 16.8 Å². The van der Waals surface area contributed by atoms with Gasteiger partial charge in [0.05, 0.1) is 5.69 Å². The largest absolute Gasteiger partial charge is 0.483 e. The Morgan fingerprint density at radius 1 is 1.39 bits per heavy atom. The van der Waals surface area contributed by atoms with Crippen molar-refractivity contribution in [2.45, 2.75) is 32.6 Å². The Morgan fingerprint density at radius 2 is 2.10 bits per heavy atom. The fourth-order valence-corrected chi connectivity index (χ4v) is 3.36. The van der Waals surface area contributed by atoms with E-state index in [1.807, 2.05) is 19.9 Å². The van der Waals surface area contributed by atoms with Crippen LogP contribution in [0.25, 0.3) is 5.65 Å². The first kappa shape index (κ1) is 22.0. The summed E-state index contributed by atoms with van der Waals surface area (Å²) in [6.45, 7) is 6.07.